The number of hydrogen-bond acceptors (Lipinski definition) is 4. The van der Waals surface area contributed by atoms with E-state index in [1.54, 1.807) is 7.05 Å². The van der Waals surface area contributed by atoms with Crippen molar-refractivity contribution in [1.29, 1.82) is 0 Å². The molecule has 0 aromatic carbocycles. The Morgan fingerprint density at radius 3 is 2.73 bits per heavy atom. The van der Waals surface area contributed by atoms with Crippen molar-refractivity contribution in [1.82, 2.24) is 0 Å². The lowest BCUT2D eigenvalue weighted by Gasteiger charge is -1.93. The topological polar surface area (TPSA) is 88.5 Å². The maximum Gasteiger partial charge on any atom is 0.255 e. The number of hydrogen-bond donors (Lipinski definition) is 3. The van der Waals surface area contributed by atoms with Gasteiger partial charge in [0.1, 0.15) is 11.8 Å². The molecule has 0 atom stereocenters. The minimum atomic E-state index is -0.715. The van der Waals surface area contributed by atoms with Gasteiger partial charge >= 0.3 is 0 Å². The van der Waals surface area contributed by atoms with E-state index in [1.165, 1.54) is 0 Å². The second-order valence-corrected chi connectivity index (χ2v) is 1.94. The fraction of sp³-hybridized carbons (Fsp3) is 0.167. The Morgan fingerprint density at radius 1 is 1.82 bits per heavy atom. The summed E-state index contributed by atoms with van der Waals surface area (Å²) >= 11 is 0. The lowest BCUT2D eigenvalue weighted by Crippen LogP contribution is -2.09. The van der Waals surface area contributed by atoms with Crippen LogP contribution < -0.4 is 11.1 Å². The monoisotopic (exact) mass is 156 g/mol. The van der Waals surface area contributed by atoms with E-state index in [2.05, 4.69) is 5.32 Å². The Morgan fingerprint density at radius 2 is 2.45 bits per heavy atom. The van der Waals surface area contributed by atoms with Crippen LogP contribution in [0.3, 0.4) is 0 Å². The van der Waals surface area contributed by atoms with Gasteiger partial charge in [-0.2, -0.15) is 0 Å². The summed E-state index contributed by atoms with van der Waals surface area (Å²) in [4.78, 5) is 10.5. The van der Waals surface area contributed by atoms with Crippen LogP contribution in [0.2, 0.25) is 0 Å². The first-order valence-corrected chi connectivity index (χ1v) is 2.94. The van der Waals surface area contributed by atoms with Crippen LogP contribution in [0.15, 0.2) is 10.7 Å². The SMILES string of the molecule is CNc1occ(C(N)=O)c1O. The Kier molecular flexibility index (Phi) is 1.72. The molecule has 1 amide bonds. The number of nitrogens with two attached hydrogens (primary N) is 1. The van der Waals surface area contributed by atoms with Gasteiger partial charge in [0, 0.05) is 7.05 Å². The average molecular weight is 156 g/mol. The molecule has 0 saturated carbocycles. The van der Waals surface area contributed by atoms with Crippen LogP contribution in [-0.2, 0) is 0 Å². The third kappa shape index (κ3) is 1.12. The fourth-order valence-electron chi connectivity index (χ4n) is 0.704. The lowest BCUT2D eigenvalue weighted by molar-refractivity contribution is 0.0997. The van der Waals surface area contributed by atoms with E-state index < -0.39 is 5.91 Å². The quantitative estimate of drug-likeness (QED) is 0.567. The minimum Gasteiger partial charge on any atom is -0.503 e. The summed E-state index contributed by atoms with van der Waals surface area (Å²) in [5.74, 6) is -0.827. The fourth-order valence-corrected chi connectivity index (χ4v) is 0.704. The third-order valence-electron chi connectivity index (χ3n) is 1.26. The average Bonchev–Trinajstić information content (AvgIpc) is 2.30. The van der Waals surface area contributed by atoms with Crippen molar-refractivity contribution < 1.29 is 14.3 Å². The van der Waals surface area contributed by atoms with E-state index in [4.69, 9.17) is 15.3 Å². The van der Waals surface area contributed by atoms with Crippen molar-refractivity contribution >= 4 is 11.8 Å². The van der Waals surface area contributed by atoms with E-state index in [0.717, 1.165) is 6.26 Å². The van der Waals surface area contributed by atoms with Crippen LogP contribution in [-0.4, -0.2) is 18.1 Å². The number of furan rings is 1. The maximum atomic E-state index is 10.5. The highest BCUT2D eigenvalue weighted by Gasteiger charge is 2.14. The van der Waals surface area contributed by atoms with Crippen molar-refractivity contribution in [2.24, 2.45) is 5.73 Å². The summed E-state index contributed by atoms with van der Waals surface area (Å²) in [7, 11) is 1.56. The molecule has 1 aromatic rings. The number of nitrogens with one attached hydrogen (secondary N) is 1. The molecule has 4 N–H and O–H groups in total. The molecule has 0 fully saturated rings. The predicted octanol–water partition coefficient (Wildman–Crippen LogP) is 0.126. The molecule has 1 aromatic heterocycles. The maximum absolute atomic E-state index is 10.5. The number of aromatic hydroxyl groups is 1. The van der Waals surface area contributed by atoms with E-state index >= 15 is 0 Å². The highest BCUT2D eigenvalue weighted by Crippen LogP contribution is 2.28. The van der Waals surface area contributed by atoms with Gasteiger partial charge in [-0.15, -0.1) is 0 Å². The summed E-state index contributed by atoms with van der Waals surface area (Å²) in [5.41, 5.74) is 4.88. The largest absolute Gasteiger partial charge is 0.503 e. The Bertz CT molecular complexity index is 279. The van der Waals surface area contributed by atoms with Gasteiger partial charge < -0.3 is 20.6 Å². The molecule has 60 valence electrons. The van der Waals surface area contributed by atoms with E-state index in [-0.39, 0.29) is 17.2 Å². The van der Waals surface area contributed by atoms with Crippen molar-refractivity contribution in [2.75, 3.05) is 12.4 Å². The van der Waals surface area contributed by atoms with Gasteiger partial charge in [0.05, 0.1) is 0 Å². The number of rotatable bonds is 2. The molecular formula is C6H8N2O3. The van der Waals surface area contributed by atoms with Crippen molar-refractivity contribution in [2.45, 2.75) is 0 Å². The third-order valence-corrected chi connectivity index (χ3v) is 1.26. The Hall–Kier alpha value is -1.65. The molecule has 5 heteroatoms. The molecule has 11 heavy (non-hydrogen) atoms. The van der Waals surface area contributed by atoms with E-state index in [9.17, 15) is 4.79 Å². The molecule has 1 heterocycles. The van der Waals surface area contributed by atoms with Gasteiger partial charge in [0.15, 0.2) is 5.75 Å². The molecule has 0 bridgehead atoms. The van der Waals surface area contributed by atoms with Crippen LogP contribution in [0.4, 0.5) is 5.88 Å². The molecule has 0 radical (unpaired) electrons. The first-order chi connectivity index (χ1) is 5.16. The normalized spacial score (nSPS) is 9.55. The Balaban J connectivity index is 3.10. The Labute approximate surface area is 62.8 Å². The van der Waals surface area contributed by atoms with Gasteiger partial charge in [-0.05, 0) is 0 Å². The van der Waals surface area contributed by atoms with Crippen LogP contribution in [0.25, 0.3) is 0 Å². The standard InChI is InChI=1S/C6H8N2O3/c1-8-6-4(9)3(2-11-6)5(7)10/h2,8-9H,1H3,(H2,7,10). The second kappa shape index (κ2) is 2.53. The van der Waals surface area contributed by atoms with E-state index in [0.29, 0.717) is 0 Å². The molecule has 0 spiro atoms. The molecule has 5 nitrogen and oxygen atoms in total. The highest BCUT2D eigenvalue weighted by atomic mass is 16.4. The van der Waals surface area contributed by atoms with Crippen LogP contribution in [0.5, 0.6) is 5.75 Å². The molecule has 0 unspecified atom stereocenters. The van der Waals surface area contributed by atoms with Gasteiger partial charge in [-0.1, -0.05) is 0 Å². The molecule has 0 aliphatic heterocycles. The first-order valence-electron chi connectivity index (χ1n) is 2.94. The zero-order chi connectivity index (χ0) is 8.43. The minimum absolute atomic E-state index is 0.0191. The summed E-state index contributed by atoms with van der Waals surface area (Å²) in [5, 5.41) is 11.7. The molecule has 0 saturated heterocycles. The van der Waals surface area contributed by atoms with E-state index in [1.807, 2.05) is 0 Å². The van der Waals surface area contributed by atoms with Crippen molar-refractivity contribution in [3.63, 3.8) is 0 Å². The predicted molar refractivity (Wildman–Crippen MR) is 38.4 cm³/mol. The smallest absolute Gasteiger partial charge is 0.255 e. The summed E-state index contributed by atoms with van der Waals surface area (Å²) in [6, 6.07) is 0. The molecule has 0 aliphatic carbocycles. The first kappa shape index (κ1) is 7.46. The van der Waals surface area contributed by atoms with Crippen molar-refractivity contribution in [3.05, 3.63) is 11.8 Å². The van der Waals surface area contributed by atoms with Crippen LogP contribution in [0.1, 0.15) is 10.4 Å². The van der Waals surface area contributed by atoms with Gasteiger partial charge in [-0.25, -0.2) is 0 Å². The zero-order valence-electron chi connectivity index (χ0n) is 5.92. The molecular weight excluding hydrogens is 148 g/mol. The van der Waals surface area contributed by atoms with Gasteiger partial charge in [0.2, 0.25) is 5.88 Å². The summed E-state index contributed by atoms with van der Waals surface area (Å²) in [6.45, 7) is 0. The number of carbonyl (C=O) groups excluding carboxylic acids is 1. The number of carbonyl (C=O) groups is 1. The number of amides is 1. The van der Waals surface area contributed by atoms with Crippen LogP contribution in [0, 0.1) is 0 Å². The zero-order valence-corrected chi connectivity index (χ0v) is 5.92. The van der Waals surface area contributed by atoms with Crippen molar-refractivity contribution in [3.8, 4) is 5.75 Å². The highest BCUT2D eigenvalue weighted by molar-refractivity contribution is 5.96. The number of primary amides is 1. The van der Waals surface area contributed by atoms with Crippen LogP contribution >= 0.6 is 0 Å². The lowest BCUT2D eigenvalue weighted by atomic mass is 10.3. The summed E-state index contributed by atoms with van der Waals surface area (Å²) < 4.78 is 4.74. The second-order valence-electron chi connectivity index (χ2n) is 1.94. The molecule has 1 rings (SSSR count). The van der Waals surface area contributed by atoms with Gasteiger partial charge in [-0.3, -0.25) is 4.79 Å². The van der Waals surface area contributed by atoms with Gasteiger partial charge in [0.25, 0.3) is 5.91 Å². The summed E-state index contributed by atoms with van der Waals surface area (Å²) in [6.07, 6.45) is 1.10. The number of anilines is 1. The molecule has 0 aliphatic rings.